The predicted molar refractivity (Wildman–Crippen MR) is 91.8 cm³/mol. The van der Waals surface area contributed by atoms with Gasteiger partial charge in [0, 0.05) is 30.5 Å². The van der Waals surface area contributed by atoms with Gasteiger partial charge >= 0.3 is 0 Å². The third-order valence-corrected chi connectivity index (χ3v) is 3.81. The van der Waals surface area contributed by atoms with Gasteiger partial charge in [-0.2, -0.15) is 5.10 Å². The van der Waals surface area contributed by atoms with E-state index in [-0.39, 0.29) is 22.9 Å². The molecular weight excluding hydrogens is 292 g/mol. The molecular formula is C17H30N4O2. The molecule has 1 amide bonds. The van der Waals surface area contributed by atoms with Crippen LogP contribution in [-0.2, 0) is 20.5 Å². The van der Waals surface area contributed by atoms with Crippen molar-refractivity contribution in [3.8, 4) is 0 Å². The van der Waals surface area contributed by atoms with Gasteiger partial charge in [-0.1, -0.05) is 20.8 Å². The van der Waals surface area contributed by atoms with Gasteiger partial charge in [-0.15, -0.1) is 0 Å². The summed E-state index contributed by atoms with van der Waals surface area (Å²) in [5.41, 5.74) is 0.717. The molecule has 1 aliphatic heterocycles. The standard InChI is InChI=1S/C17H30N4O2/c1-16(2,3)13-10-14(21(20-13)17(4,5)6)19-15(22)9-12-11-23-8-7-18-12/h10,12,18H,7-9,11H2,1-6H3,(H,19,22). The first-order valence-corrected chi connectivity index (χ1v) is 8.29. The first kappa shape index (κ1) is 17.9. The molecule has 2 heterocycles. The van der Waals surface area contributed by atoms with Gasteiger partial charge < -0.3 is 15.4 Å². The molecule has 6 nitrogen and oxygen atoms in total. The molecule has 1 aliphatic rings. The molecule has 0 aliphatic carbocycles. The highest BCUT2D eigenvalue weighted by Crippen LogP contribution is 2.28. The first-order valence-electron chi connectivity index (χ1n) is 8.29. The Bertz CT molecular complexity index is 546. The number of aromatic nitrogens is 2. The van der Waals surface area contributed by atoms with Crippen molar-refractivity contribution in [3.63, 3.8) is 0 Å². The molecule has 0 bridgehead atoms. The Kier molecular flexibility index (Phi) is 5.16. The van der Waals surface area contributed by atoms with E-state index in [0.717, 1.165) is 18.1 Å². The van der Waals surface area contributed by atoms with Crippen LogP contribution in [0.5, 0.6) is 0 Å². The molecule has 0 spiro atoms. The topological polar surface area (TPSA) is 68.2 Å². The summed E-state index contributed by atoms with van der Waals surface area (Å²) in [4.78, 5) is 12.4. The number of ether oxygens (including phenoxy) is 1. The van der Waals surface area contributed by atoms with Gasteiger partial charge in [0.15, 0.2) is 0 Å². The van der Waals surface area contributed by atoms with Crippen molar-refractivity contribution in [1.82, 2.24) is 15.1 Å². The van der Waals surface area contributed by atoms with Gasteiger partial charge in [0.25, 0.3) is 0 Å². The molecule has 1 aromatic heterocycles. The molecule has 1 aromatic rings. The lowest BCUT2D eigenvalue weighted by atomic mass is 9.92. The van der Waals surface area contributed by atoms with E-state index in [1.165, 1.54) is 0 Å². The van der Waals surface area contributed by atoms with Crippen LogP contribution in [0, 0.1) is 0 Å². The Hall–Kier alpha value is -1.40. The Morgan fingerprint density at radius 3 is 2.61 bits per heavy atom. The van der Waals surface area contributed by atoms with Crippen LogP contribution in [0.15, 0.2) is 6.07 Å². The molecule has 1 saturated heterocycles. The van der Waals surface area contributed by atoms with Gasteiger partial charge in [-0.25, -0.2) is 4.68 Å². The van der Waals surface area contributed by atoms with E-state index in [9.17, 15) is 4.79 Å². The lowest BCUT2D eigenvalue weighted by Crippen LogP contribution is -2.43. The summed E-state index contributed by atoms with van der Waals surface area (Å²) in [5, 5.41) is 11.0. The summed E-state index contributed by atoms with van der Waals surface area (Å²) in [5.74, 6) is 0.739. The average molecular weight is 322 g/mol. The second-order valence-electron chi connectivity index (χ2n) is 8.23. The minimum Gasteiger partial charge on any atom is -0.378 e. The van der Waals surface area contributed by atoms with E-state index in [2.05, 4.69) is 52.2 Å². The predicted octanol–water partition coefficient (Wildman–Crippen LogP) is 2.25. The summed E-state index contributed by atoms with van der Waals surface area (Å²) in [7, 11) is 0. The van der Waals surface area contributed by atoms with Crippen molar-refractivity contribution in [2.24, 2.45) is 0 Å². The summed E-state index contributed by atoms with van der Waals surface area (Å²) < 4.78 is 7.30. The Labute approximate surface area is 139 Å². The van der Waals surface area contributed by atoms with Crippen LogP contribution >= 0.6 is 0 Å². The maximum absolute atomic E-state index is 12.4. The first-order chi connectivity index (χ1) is 10.6. The average Bonchev–Trinajstić information content (AvgIpc) is 2.83. The van der Waals surface area contributed by atoms with E-state index < -0.39 is 0 Å². The molecule has 1 atom stereocenters. The van der Waals surface area contributed by atoms with E-state index in [4.69, 9.17) is 9.84 Å². The molecule has 1 unspecified atom stereocenters. The number of hydrogen-bond acceptors (Lipinski definition) is 4. The Balaban J connectivity index is 2.14. The lowest BCUT2D eigenvalue weighted by Gasteiger charge is -2.25. The highest BCUT2D eigenvalue weighted by Gasteiger charge is 2.26. The van der Waals surface area contributed by atoms with Crippen LogP contribution in [0.2, 0.25) is 0 Å². The van der Waals surface area contributed by atoms with Gasteiger partial charge in [-0.3, -0.25) is 4.79 Å². The van der Waals surface area contributed by atoms with Crippen molar-refractivity contribution in [2.45, 2.75) is 65.0 Å². The van der Waals surface area contributed by atoms with Gasteiger partial charge in [0.05, 0.1) is 24.4 Å². The number of amides is 1. The van der Waals surface area contributed by atoms with E-state index in [0.29, 0.717) is 19.6 Å². The Morgan fingerprint density at radius 2 is 2.09 bits per heavy atom. The zero-order valence-electron chi connectivity index (χ0n) is 15.2. The van der Waals surface area contributed by atoms with Gasteiger partial charge in [0.2, 0.25) is 5.91 Å². The van der Waals surface area contributed by atoms with Crippen molar-refractivity contribution >= 4 is 11.7 Å². The number of anilines is 1. The van der Waals surface area contributed by atoms with E-state index in [1.807, 2.05) is 10.7 Å². The number of nitrogens with one attached hydrogen (secondary N) is 2. The second-order valence-corrected chi connectivity index (χ2v) is 8.23. The number of morpholine rings is 1. The van der Waals surface area contributed by atoms with Crippen LogP contribution < -0.4 is 10.6 Å². The SMILES string of the molecule is CC(C)(C)c1cc(NC(=O)CC2COCCN2)n(C(C)(C)C)n1. The van der Waals surface area contributed by atoms with Crippen LogP contribution in [0.3, 0.4) is 0 Å². The number of carbonyl (C=O) groups is 1. The van der Waals surface area contributed by atoms with Crippen LogP contribution in [0.1, 0.15) is 53.7 Å². The fraction of sp³-hybridized carbons (Fsp3) is 0.765. The molecule has 23 heavy (non-hydrogen) atoms. The lowest BCUT2D eigenvalue weighted by molar-refractivity contribution is -0.117. The normalized spacial score (nSPS) is 19.7. The van der Waals surface area contributed by atoms with Crippen molar-refractivity contribution in [2.75, 3.05) is 25.1 Å². The summed E-state index contributed by atoms with van der Waals surface area (Å²) in [6.45, 7) is 14.7. The largest absolute Gasteiger partial charge is 0.378 e. The number of nitrogens with zero attached hydrogens (tertiary/aromatic N) is 2. The highest BCUT2D eigenvalue weighted by molar-refractivity contribution is 5.90. The fourth-order valence-electron chi connectivity index (χ4n) is 2.52. The smallest absolute Gasteiger partial charge is 0.227 e. The van der Waals surface area contributed by atoms with Crippen molar-refractivity contribution < 1.29 is 9.53 Å². The summed E-state index contributed by atoms with van der Waals surface area (Å²) in [6, 6.07) is 2.06. The zero-order valence-corrected chi connectivity index (χ0v) is 15.2. The minimum atomic E-state index is -0.196. The van der Waals surface area contributed by atoms with Crippen LogP contribution in [0.4, 0.5) is 5.82 Å². The second kappa shape index (κ2) is 6.61. The van der Waals surface area contributed by atoms with Gasteiger partial charge in [-0.05, 0) is 20.8 Å². The molecule has 6 heteroatoms. The third kappa shape index (κ3) is 4.78. The highest BCUT2D eigenvalue weighted by atomic mass is 16.5. The van der Waals surface area contributed by atoms with Gasteiger partial charge in [0.1, 0.15) is 5.82 Å². The molecule has 2 N–H and O–H groups in total. The van der Waals surface area contributed by atoms with E-state index in [1.54, 1.807) is 0 Å². The summed E-state index contributed by atoms with van der Waals surface area (Å²) >= 11 is 0. The van der Waals surface area contributed by atoms with Crippen LogP contribution in [0.25, 0.3) is 0 Å². The molecule has 1 fully saturated rings. The molecule has 0 radical (unpaired) electrons. The minimum absolute atomic E-state index is 0.0149. The summed E-state index contributed by atoms with van der Waals surface area (Å²) in [6.07, 6.45) is 0.403. The van der Waals surface area contributed by atoms with E-state index >= 15 is 0 Å². The van der Waals surface area contributed by atoms with Crippen molar-refractivity contribution in [1.29, 1.82) is 0 Å². The Morgan fingerprint density at radius 1 is 1.39 bits per heavy atom. The molecule has 0 saturated carbocycles. The quantitative estimate of drug-likeness (QED) is 0.895. The third-order valence-electron chi connectivity index (χ3n) is 3.81. The molecule has 130 valence electrons. The molecule has 0 aromatic carbocycles. The van der Waals surface area contributed by atoms with Crippen LogP contribution in [-0.4, -0.2) is 41.5 Å². The maximum atomic E-state index is 12.4. The maximum Gasteiger partial charge on any atom is 0.227 e. The zero-order chi connectivity index (χ0) is 17.3. The monoisotopic (exact) mass is 322 g/mol. The number of rotatable bonds is 3. The fourth-order valence-corrected chi connectivity index (χ4v) is 2.52. The number of carbonyl (C=O) groups excluding carboxylic acids is 1. The van der Waals surface area contributed by atoms with Crippen molar-refractivity contribution in [3.05, 3.63) is 11.8 Å². The number of hydrogen-bond donors (Lipinski definition) is 2. The molecule has 2 rings (SSSR count).